The Morgan fingerprint density at radius 2 is 2.00 bits per heavy atom. The van der Waals surface area contributed by atoms with E-state index >= 15 is 0 Å². The van der Waals surface area contributed by atoms with Gasteiger partial charge in [-0.1, -0.05) is 6.07 Å². The van der Waals surface area contributed by atoms with Crippen molar-refractivity contribution in [3.8, 4) is 0 Å². The standard InChI is InChI=1S/C16H14F3N3O/c17-16(18,19)14-4-2-10-11-7-9(13-8-20-5-6-23-13)1-3-12(11)21-15(10)22-14/h1-4,7,13,20H,5-6,8H2,(H,21,22). The first-order chi connectivity index (χ1) is 11.0. The Kier molecular flexibility index (Phi) is 3.28. The number of pyridine rings is 1. The molecule has 0 radical (unpaired) electrons. The highest BCUT2D eigenvalue weighted by Crippen LogP contribution is 2.32. The molecular formula is C16H14F3N3O. The van der Waals surface area contributed by atoms with Gasteiger partial charge in [-0.3, -0.25) is 0 Å². The number of nitrogens with zero attached hydrogens (tertiary/aromatic N) is 1. The van der Waals surface area contributed by atoms with Crippen molar-refractivity contribution in [2.45, 2.75) is 12.3 Å². The lowest BCUT2D eigenvalue weighted by Gasteiger charge is -2.24. The number of benzene rings is 1. The van der Waals surface area contributed by atoms with Crippen LogP contribution >= 0.6 is 0 Å². The minimum absolute atomic E-state index is 0.0412. The average Bonchev–Trinajstić information content (AvgIpc) is 2.91. The maximum atomic E-state index is 12.8. The van der Waals surface area contributed by atoms with E-state index in [4.69, 9.17) is 4.74 Å². The summed E-state index contributed by atoms with van der Waals surface area (Å²) in [5.74, 6) is 0. The molecule has 3 heterocycles. The summed E-state index contributed by atoms with van der Waals surface area (Å²) in [7, 11) is 0. The van der Waals surface area contributed by atoms with Gasteiger partial charge in [-0.05, 0) is 29.8 Å². The van der Waals surface area contributed by atoms with Gasteiger partial charge in [0.1, 0.15) is 11.3 Å². The SMILES string of the molecule is FC(F)(F)c1ccc2c(n1)[nH]c1ccc(C3CNCCO3)cc12. The average molecular weight is 321 g/mol. The van der Waals surface area contributed by atoms with Crippen LogP contribution in [0.2, 0.25) is 0 Å². The zero-order valence-corrected chi connectivity index (χ0v) is 12.1. The van der Waals surface area contributed by atoms with E-state index in [9.17, 15) is 13.2 Å². The summed E-state index contributed by atoms with van der Waals surface area (Å²) in [5.41, 5.74) is 1.12. The van der Waals surface area contributed by atoms with E-state index in [0.29, 0.717) is 12.0 Å². The Balaban J connectivity index is 1.82. The van der Waals surface area contributed by atoms with Crippen LogP contribution in [-0.2, 0) is 10.9 Å². The van der Waals surface area contributed by atoms with Crippen molar-refractivity contribution in [1.82, 2.24) is 15.3 Å². The van der Waals surface area contributed by atoms with Crippen molar-refractivity contribution < 1.29 is 17.9 Å². The quantitative estimate of drug-likeness (QED) is 0.722. The molecule has 0 bridgehead atoms. The second-order valence-electron chi connectivity index (χ2n) is 5.58. The number of hydrogen-bond acceptors (Lipinski definition) is 3. The molecule has 2 N–H and O–H groups in total. The number of alkyl halides is 3. The van der Waals surface area contributed by atoms with Gasteiger partial charge in [0.15, 0.2) is 0 Å². The first kappa shape index (κ1) is 14.5. The molecule has 3 aromatic rings. The minimum Gasteiger partial charge on any atom is -0.371 e. The molecule has 1 aliphatic rings. The van der Waals surface area contributed by atoms with E-state index in [2.05, 4.69) is 15.3 Å². The summed E-state index contributed by atoms with van der Waals surface area (Å²) in [5, 5.41) is 4.80. The number of aromatic amines is 1. The van der Waals surface area contributed by atoms with E-state index in [-0.39, 0.29) is 11.8 Å². The Hall–Kier alpha value is -2.12. The third-order valence-corrected chi connectivity index (χ3v) is 4.07. The zero-order chi connectivity index (χ0) is 16.0. The second-order valence-corrected chi connectivity index (χ2v) is 5.58. The molecule has 120 valence electrons. The summed E-state index contributed by atoms with van der Waals surface area (Å²) in [6.07, 6.45) is -4.49. The number of H-pyrrole nitrogens is 1. The van der Waals surface area contributed by atoms with Gasteiger partial charge in [-0.15, -0.1) is 0 Å². The van der Waals surface area contributed by atoms with Crippen LogP contribution in [0.15, 0.2) is 30.3 Å². The van der Waals surface area contributed by atoms with Crippen molar-refractivity contribution >= 4 is 21.9 Å². The van der Waals surface area contributed by atoms with Gasteiger partial charge >= 0.3 is 6.18 Å². The molecule has 4 nitrogen and oxygen atoms in total. The largest absolute Gasteiger partial charge is 0.433 e. The Bertz CT molecular complexity index is 866. The van der Waals surface area contributed by atoms with Crippen LogP contribution in [0.3, 0.4) is 0 Å². The molecule has 1 aliphatic heterocycles. The fraction of sp³-hybridized carbons (Fsp3) is 0.312. The Morgan fingerprint density at radius 1 is 1.13 bits per heavy atom. The molecule has 1 aromatic carbocycles. The molecule has 0 saturated carbocycles. The molecule has 23 heavy (non-hydrogen) atoms. The smallest absolute Gasteiger partial charge is 0.371 e. The van der Waals surface area contributed by atoms with E-state index in [1.54, 1.807) is 0 Å². The van der Waals surface area contributed by atoms with E-state index in [1.165, 1.54) is 6.07 Å². The molecular weight excluding hydrogens is 307 g/mol. The molecule has 2 aromatic heterocycles. The third-order valence-electron chi connectivity index (χ3n) is 4.07. The minimum atomic E-state index is -4.45. The molecule has 4 rings (SSSR count). The molecule has 0 amide bonds. The highest BCUT2D eigenvalue weighted by atomic mass is 19.4. The van der Waals surface area contributed by atoms with Crippen molar-refractivity contribution in [3.05, 3.63) is 41.6 Å². The van der Waals surface area contributed by atoms with E-state index in [1.807, 2.05) is 18.2 Å². The lowest BCUT2D eigenvalue weighted by molar-refractivity contribution is -0.141. The van der Waals surface area contributed by atoms with Crippen molar-refractivity contribution in [2.75, 3.05) is 19.7 Å². The van der Waals surface area contributed by atoms with Crippen molar-refractivity contribution in [2.24, 2.45) is 0 Å². The fourth-order valence-electron chi connectivity index (χ4n) is 2.93. The maximum absolute atomic E-state index is 12.8. The highest BCUT2D eigenvalue weighted by molar-refractivity contribution is 6.06. The summed E-state index contributed by atoms with van der Waals surface area (Å²) in [4.78, 5) is 6.65. The van der Waals surface area contributed by atoms with Crippen LogP contribution in [-0.4, -0.2) is 29.7 Å². The van der Waals surface area contributed by atoms with Gasteiger partial charge in [0.25, 0.3) is 0 Å². The van der Waals surface area contributed by atoms with Gasteiger partial charge in [-0.25, -0.2) is 4.98 Å². The van der Waals surface area contributed by atoms with Crippen LogP contribution in [0, 0.1) is 0 Å². The lowest BCUT2D eigenvalue weighted by atomic mass is 10.0. The molecule has 1 fully saturated rings. The van der Waals surface area contributed by atoms with Crippen LogP contribution in [0.4, 0.5) is 13.2 Å². The van der Waals surface area contributed by atoms with Gasteiger partial charge in [0.05, 0.1) is 12.7 Å². The van der Waals surface area contributed by atoms with Crippen LogP contribution in [0.5, 0.6) is 0 Å². The van der Waals surface area contributed by atoms with Crippen molar-refractivity contribution in [1.29, 1.82) is 0 Å². The summed E-state index contributed by atoms with van der Waals surface area (Å²) < 4.78 is 44.1. The number of rotatable bonds is 1. The third kappa shape index (κ3) is 2.55. The van der Waals surface area contributed by atoms with Gasteiger partial charge in [-0.2, -0.15) is 13.2 Å². The topological polar surface area (TPSA) is 49.9 Å². The second kappa shape index (κ2) is 5.21. The number of halogens is 3. The lowest BCUT2D eigenvalue weighted by Crippen LogP contribution is -2.33. The monoisotopic (exact) mass is 321 g/mol. The summed E-state index contributed by atoms with van der Waals surface area (Å²) in [6, 6.07) is 8.23. The first-order valence-electron chi connectivity index (χ1n) is 7.34. The van der Waals surface area contributed by atoms with Gasteiger partial charge in [0, 0.05) is 29.4 Å². The Labute approximate surface area is 129 Å². The molecule has 0 spiro atoms. The Morgan fingerprint density at radius 3 is 2.74 bits per heavy atom. The maximum Gasteiger partial charge on any atom is 0.433 e. The first-order valence-corrected chi connectivity index (χ1v) is 7.34. The molecule has 1 saturated heterocycles. The summed E-state index contributed by atoms with van der Waals surface area (Å²) in [6.45, 7) is 2.20. The van der Waals surface area contributed by atoms with Crippen LogP contribution in [0.1, 0.15) is 17.4 Å². The van der Waals surface area contributed by atoms with E-state index < -0.39 is 11.9 Å². The number of aromatic nitrogens is 2. The number of ether oxygens (including phenoxy) is 1. The van der Waals surface area contributed by atoms with Crippen LogP contribution < -0.4 is 5.32 Å². The van der Waals surface area contributed by atoms with Crippen LogP contribution in [0.25, 0.3) is 21.9 Å². The molecule has 1 atom stereocenters. The number of hydrogen-bond donors (Lipinski definition) is 2. The molecule has 0 aliphatic carbocycles. The van der Waals surface area contributed by atoms with Gasteiger partial charge in [0.2, 0.25) is 0 Å². The fourth-order valence-corrected chi connectivity index (χ4v) is 2.93. The molecule has 7 heteroatoms. The van der Waals surface area contributed by atoms with Crippen molar-refractivity contribution in [3.63, 3.8) is 0 Å². The predicted molar refractivity (Wildman–Crippen MR) is 80.2 cm³/mol. The van der Waals surface area contributed by atoms with E-state index in [0.717, 1.165) is 35.6 Å². The normalized spacial score (nSPS) is 19.5. The highest BCUT2D eigenvalue weighted by Gasteiger charge is 2.32. The zero-order valence-electron chi connectivity index (χ0n) is 12.1. The van der Waals surface area contributed by atoms with Gasteiger partial charge < -0.3 is 15.0 Å². The predicted octanol–water partition coefficient (Wildman–Crippen LogP) is 3.40. The summed E-state index contributed by atoms with van der Waals surface area (Å²) >= 11 is 0. The number of morpholine rings is 1. The molecule has 1 unspecified atom stereocenters. The number of nitrogens with one attached hydrogen (secondary N) is 2. The number of fused-ring (bicyclic) bond motifs is 3.